The number of para-hydroxylation sites is 2. The number of benzene rings is 1. The number of piperidine rings is 1. The van der Waals surface area contributed by atoms with Crippen LogP contribution in [0.25, 0.3) is 11.0 Å². The van der Waals surface area contributed by atoms with E-state index in [1.165, 1.54) is 64.9 Å². The van der Waals surface area contributed by atoms with Crippen molar-refractivity contribution in [2.45, 2.75) is 108 Å². The fourth-order valence-electron chi connectivity index (χ4n) is 8.35. The zero-order valence-corrected chi connectivity index (χ0v) is 22.4. The minimum atomic E-state index is -0.943. The molecular weight excluding hydrogens is 480 g/mol. The summed E-state index contributed by atoms with van der Waals surface area (Å²) in [6, 6.07) is 9.62. The lowest BCUT2D eigenvalue weighted by Crippen LogP contribution is -2.52. The highest BCUT2D eigenvalue weighted by Gasteiger charge is 2.47. The van der Waals surface area contributed by atoms with Crippen molar-refractivity contribution >= 4 is 22.7 Å². The van der Waals surface area contributed by atoms with Crippen LogP contribution in [0.1, 0.15) is 95.2 Å². The molecule has 1 aromatic heterocycles. The van der Waals surface area contributed by atoms with E-state index in [0.29, 0.717) is 23.8 Å². The van der Waals surface area contributed by atoms with Crippen molar-refractivity contribution in [2.24, 2.45) is 17.0 Å². The van der Waals surface area contributed by atoms with Crippen molar-refractivity contribution in [3.63, 3.8) is 0 Å². The highest BCUT2D eigenvalue weighted by molar-refractivity contribution is 6.00. The summed E-state index contributed by atoms with van der Waals surface area (Å²) in [4.78, 5) is 37.9. The predicted octanol–water partition coefficient (Wildman–Crippen LogP) is 5.14. The number of fused-ring (bicyclic) bond motifs is 5. The average Bonchev–Trinajstić information content (AvgIpc) is 3.06. The molecule has 1 N–H and O–H groups in total. The van der Waals surface area contributed by atoms with E-state index in [2.05, 4.69) is 15.0 Å². The highest BCUT2D eigenvalue weighted by atomic mass is 16.6. The number of aromatic nitrogens is 2. The molecule has 2 aromatic rings. The molecular formula is C30H40N4O4. The van der Waals surface area contributed by atoms with Crippen molar-refractivity contribution in [2.75, 3.05) is 7.11 Å². The van der Waals surface area contributed by atoms with Gasteiger partial charge in [-0.15, -0.1) is 0 Å². The van der Waals surface area contributed by atoms with Gasteiger partial charge >= 0.3 is 5.97 Å². The van der Waals surface area contributed by atoms with E-state index in [1.807, 2.05) is 28.8 Å². The number of carboxylic acids is 1. The fourth-order valence-corrected chi connectivity index (χ4v) is 8.35. The summed E-state index contributed by atoms with van der Waals surface area (Å²) in [7, 11) is 1.41. The Kier molecular flexibility index (Phi) is 7.25. The van der Waals surface area contributed by atoms with Crippen LogP contribution in [-0.2, 0) is 9.63 Å². The van der Waals surface area contributed by atoms with E-state index < -0.39 is 5.97 Å². The van der Waals surface area contributed by atoms with Gasteiger partial charge in [-0.25, -0.2) is 4.98 Å². The number of rotatable bonds is 7. The van der Waals surface area contributed by atoms with Gasteiger partial charge in [0, 0.05) is 30.6 Å². The molecule has 1 aromatic carbocycles. The molecule has 6 rings (SSSR count). The summed E-state index contributed by atoms with van der Waals surface area (Å²) in [5.41, 5.74) is 1.89. The molecule has 8 heteroatoms. The smallest absolute Gasteiger partial charge is 0.303 e. The topological polar surface area (TPSA) is 97.0 Å². The van der Waals surface area contributed by atoms with Gasteiger partial charge in [-0.05, 0) is 68.9 Å². The van der Waals surface area contributed by atoms with Gasteiger partial charge in [0.2, 0.25) is 0 Å². The third-order valence-corrected chi connectivity index (χ3v) is 9.75. The molecule has 3 heterocycles. The highest BCUT2D eigenvalue weighted by Crippen LogP contribution is 2.47. The van der Waals surface area contributed by atoms with Gasteiger partial charge in [-0.2, -0.15) is 0 Å². The molecule has 0 radical (unpaired) electrons. The number of carboxylic acid groups (broad SMARTS) is 1. The van der Waals surface area contributed by atoms with E-state index in [4.69, 9.17) is 4.84 Å². The van der Waals surface area contributed by atoms with Crippen LogP contribution in [0.4, 0.5) is 0 Å². The minimum absolute atomic E-state index is 0.0945. The van der Waals surface area contributed by atoms with Crippen LogP contribution in [0.3, 0.4) is 0 Å². The molecule has 4 fully saturated rings. The predicted molar refractivity (Wildman–Crippen MR) is 146 cm³/mol. The Bertz CT molecular complexity index is 1240. The monoisotopic (exact) mass is 520 g/mol. The van der Waals surface area contributed by atoms with Gasteiger partial charge in [0.15, 0.2) is 5.69 Å². The van der Waals surface area contributed by atoms with Crippen molar-refractivity contribution in [1.29, 1.82) is 0 Å². The molecule has 4 bridgehead atoms. The number of hydrogen-bond acceptors (Lipinski definition) is 6. The maximum Gasteiger partial charge on any atom is 0.303 e. The zero-order valence-electron chi connectivity index (χ0n) is 22.4. The largest absolute Gasteiger partial charge is 0.481 e. The maximum atomic E-state index is 14.0. The van der Waals surface area contributed by atoms with Crippen LogP contribution in [0, 0.1) is 11.8 Å². The molecule has 8 nitrogen and oxygen atoms in total. The van der Waals surface area contributed by atoms with Gasteiger partial charge in [-0.1, -0.05) is 43.0 Å². The quantitative estimate of drug-likeness (QED) is 0.401. The summed E-state index contributed by atoms with van der Waals surface area (Å²) < 4.78 is 1.95. The van der Waals surface area contributed by atoms with Gasteiger partial charge in [0.25, 0.3) is 5.56 Å². The average molecular weight is 521 g/mol. The molecule has 2 aliphatic heterocycles. The lowest BCUT2D eigenvalue weighted by Gasteiger charge is -2.48. The third kappa shape index (κ3) is 4.88. The van der Waals surface area contributed by atoms with E-state index in [1.54, 1.807) is 0 Å². The van der Waals surface area contributed by atoms with Gasteiger partial charge in [0.1, 0.15) is 12.8 Å². The van der Waals surface area contributed by atoms with Crippen molar-refractivity contribution in [3.05, 3.63) is 40.3 Å². The van der Waals surface area contributed by atoms with Crippen LogP contribution in [-0.4, -0.2) is 56.5 Å². The second kappa shape index (κ2) is 10.8. The minimum Gasteiger partial charge on any atom is -0.481 e. The SMILES string of the molecule is CO/N=C(\CCC(=O)O)c1nc2ccccc2n([C@H]2C[C@H]3CC[C@@H](C2)N3C2C[C@H]3CCCC[C@@H](C2)C3)c1=O. The standard InChI is InChI=1S/C30H40N4O4/c1-38-32-26(12-13-28(35)36)29-30(37)34(27-9-5-4-8-25(27)31-29)24-17-21-10-11-22(18-24)33(21)23-15-19-6-2-3-7-20(14-19)16-23/h4-5,8-9,19-24H,2-3,6-7,10-18H2,1H3,(H,35,36)/b32-26+/t19-,20+,21-,22+,23?,24+. The Hall–Kier alpha value is -2.74. The zero-order chi connectivity index (χ0) is 26.2. The molecule has 0 amide bonds. The summed E-state index contributed by atoms with van der Waals surface area (Å²) in [6.45, 7) is 0. The van der Waals surface area contributed by atoms with Gasteiger partial charge in [-0.3, -0.25) is 14.5 Å². The Morgan fingerprint density at radius 3 is 2.29 bits per heavy atom. The fraction of sp³-hybridized carbons (Fsp3) is 0.667. The first-order valence-electron chi connectivity index (χ1n) is 14.6. The first-order valence-corrected chi connectivity index (χ1v) is 14.6. The summed E-state index contributed by atoms with van der Waals surface area (Å²) in [6.07, 6.45) is 14.1. The van der Waals surface area contributed by atoms with Gasteiger partial charge < -0.3 is 14.5 Å². The first-order chi connectivity index (χ1) is 18.5. The second-order valence-corrected chi connectivity index (χ2v) is 12.1. The van der Waals surface area contributed by atoms with E-state index in [9.17, 15) is 14.7 Å². The van der Waals surface area contributed by atoms with Crippen LogP contribution in [0.5, 0.6) is 0 Å². The van der Waals surface area contributed by atoms with Gasteiger partial charge in [0.05, 0.1) is 17.5 Å². The summed E-state index contributed by atoms with van der Waals surface area (Å²) in [5, 5.41) is 13.3. The van der Waals surface area contributed by atoms with Crippen LogP contribution in [0.2, 0.25) is 0 Å². The number of carbonyl (C=O) groups is 1. The first kappa shape index (κ1) is 25.5. The molecule has 2 saturated heterocycles. The van der Waals surface area contributed by atoms with Crippen molar-refractivity contribution in [3.8, 4) is 0 Å². The Morgan fingerprint density at radius 1 is 0.947 bits per heavy atom. The molecule has 4 aliphatic rings. The Morgan fingerprint density at radius 2 is 1.63 bits per heavy atom. The van der Waals surface area contributed by atoms with Crippen LogP contribution in [0.15, 0.2) is 34.2 Å². The maximum absolute atomic E-state index is 14.0. The number of nitrogens with zero attached hydrogens (tertiary/aromatic N) is 4. The summed E-state index contributed by atoms with van der Waals surface area (Å²) >= 11 is 0. The molecule has 0 spiro atoms. The second-order valence-electron chi connectivity index (χ2n) is 12.1. The lowest BCUT2D eigenvalue weighted by molar-refractivity contribution is -0.136. The molecule has 2 aliphatic carbocycles. The number of oxime groups is 1. The van der Waals surface area contributed by atoms with Crippen molar-refractivity contribution in [1.82, 2.24) is 14.5 Å². The molecule has 204 valence electrons. The molecule has 6 atom stereocenters. The van der Waals surface area contributed by atoms with Crippen LogP contribution >= 0.6 is 0 Å². The number of aliphatic carboxylic acids is 1. The van der Waals surface area contributed by atoms with E-state index >= 15 is 0 Å². The third-order valence-electron chi connectivity index (χ3n) is 9.75. The van der Waals surface area contributed by atoms with Crippen molar-refractivity contribution < 1.29 is 14.7 Å². The van der Waals surface area contributed by atoms with E-state index in [-0.39, 0.29) is 30.1 Å². The van der Waals surface area contributed by atoms with Crippen LogP contribution < -0.4 is 5.56 Å². The molecule has 1 unspecified atom stereocenters. The normalized spacial score (nSPS) is 31.8. The molecule has 38 heavy (non-hydrogen) atoms. The van der Waals surface area contributed by atoms with E-state index in [0.717, 1.165) is 35.7 Å². The summed E-state index contributed by atoms with van der Waals surface area (Å²) in [5.74, 6) is 0.857. The molecule has 2 saturated carbocycles. The Labute approximate surface area is 224 Å². The number of hydrogen-bond donors (Lipinski definition) is 1. The Balaban J connectivity index is 1.32. The lowest BCUT2D eigenvalue weighted by atomic mass is 9.76.